The molecule has 8 rings (SSSR count). The Hall–Kier alpha value is -5.20. The van der Waals surface area contributed by atoms with E-state index in [4.69, 9.17) is 0 Å². The number of benzene rings is 8. The van der Waals surface area contributed by atoms with Gasteiger partial charge in [-0.3, -0.25) is 0 Å². The molecule has 0 saturated heterocycles. The van der Waals surface area contributed by atoms with Crippen molar-refractivity contribution in [1.29, 1.82) is 0 Å². The van der Waals surface area contributed by atoms with Crippen LogP contribution in [0, 0.1) is 0 Å². The minimum atomic E-state index is 1.24. The molecule has 0 heterocycles. The molecule has 0 amide bonds. The molecular formula is C40H26. The van der Waals surface area contributed by atoms with Crippen LogP contribution in [-0.2, 0) is 0 Å². The van der Waals surface area contributed by atoms with Crippen molar-refractivity contribution in [3.05, 3.63) is 158 Å². The van der Waals surface area contributed by atoms with E-state index in [0.29, 0.717) is 0 Å². The van der Waals surface area contributed by atoms with Crippen LogP contribution >= 0.6 is 0 Å². The molecule has 8 aromatic carbocycles. The Bertz CT molecular complexity index is 2060. The van der Waals surface area contributed by atoms with Gasteiger partial charge in [-0.05, 0) is 113 Å². The van der Waals surface area contributed by atoms with Gasteiger partial charge in [0.1, 0.15) is 0 Å². The highest BCUT2D eigenvalue weighted by molar-refractivity contribution is 5.96. The lowest BCUT2D eigenvalue weighted by Crippen LogP contribution is -1.84. The van der Waals surface area contributed by atoms with Crippen molar-refractivity contribution in [2.75, 3.05) is 0 Å². The number of fused-ring (bicyclic) bond motifs is 4. The molecule has 0 N–H and O–H groups in total. The predicted molar refractivity (Wildman–Crippen MR) is 173 cm³/mol. The van der Waals surface area contributed by atoms with E-state index in [1.165, 1.54) is 76.5 Å². The van der Waals surface area contributed by atoms with Crippen LogP contribution < -0.4 is 0 Å². The third-order valence-corrected chi connectivity index (χ3v) is 8.18. The van der Waals surface area contributed by atoms with Crippen molar-refractivity contribution in [2.24, 2.45) is 0 Å². The van der Waals surface area contributed by atoms with E-state index in [0.717, 1.165) is 0 Å². The maximum Gasteiger partial charge on any atom is -0.0172 e. The van der Waals surface area contributed by atoms with Gasteiger partial charge in [0, 0.05) is 0 Å². The summed E-state index contributed by atoms with van der Waals surface area (Å²) in [6.45, 7) is 0. The molecule has 0 nitrogen and oxygen atoms in total. The van der Waals surface area contributed by atoms with Gasteiger partial charge in [-0.15, -0.1) is 0 Å². The van der Waals surface area contributed by atoms with Gasteiger partial charge in [-0.25, -0.2) is 0 Å². The topological polar surface area (TPSA) is 0 Å². The zero-order valence-electron chi connectivity index (χ0n) is 22.0. The lowest BCUT2D eigenvalue weighted by molar-refractivity contribution is 1.64. The first-order valence-corrected chi connectivity index (χ1v) is 13.8. The van der Waals surface area contributed by atoms with Crippen molar-refractivity contribution in [3.8, 4) is 33.4 Å². The van der Waals surface area contributed by atoms with E-state index < -0.39 is 0 Å². The highest BCUT2D eigenvalue weighted by atomic mass is 14.1. The standard InChI is InChI=1S/C40H26/c1-3-7-31-21-33(15-9-27(31)5-1)35-17-11-29-13-19-37(25-39(29)23-35)38-20-14-30-12-18-36(24-40(30)26-38)34-16-10-28-6-2-4-8-32(28)22-34/h1-26H. The lowest BCUT2D eigenvalue weighted by Gasteiger charge is -2.10. The second-order valence-electron chi connectivity index (χ2n) is 10.7. The molecule has 40 heavy (non-hydrogen) atoms. The molecule has 0 aliphatic heterocycles. The summed E-state index contributed by atoms with van der Waals surface area (Å²) in [6.07, 6.45) is 0. The molecule has 0 atom stereocenters. The Kier molecular flexibility index (Phi) is 5.24. The summed E-state index contributed by atoms with van der Waals surface area (Å²) in [6, 6.07) is 57.8. The first-order valence-electron chi connectivity index (χ1n) is 13.8. The largest absolute Gasteiger partial charge is 0.0616 e. The van der Waals surface area contributed by atoms with Gasteiger partial charge in [0.2, 0.25) is 0 Å². The molecule has 0 radical (unpaired) electrons. The summed E-state index contributed by atoms with van der Waals surface area (Å²) >= 11 is 0. The van der Waals surface area contributed by atoms with Gasteiger partial charge in [0.05, 0.1) is 0 Å². The monoisotopic (exact) mass is 506 g/mol. The summed E-state index contributed by atoms with van der Waals surface area (Å²) in [5, 5.41) is 10.1. The minimum absolute atomic E-state index is 1.24. The Morgan fingerprint density at radius 3 is 0.700 bits per heavy atom. The highest BCUT2D eigenvalue weighted by Gasteiger charge is 2.07. The maximum atomic E-state index is 2.33. The van der Waals surface area contributed by atoms with Crippen molar-refractivity contribution >= 4 is 43.1 Å². The second kappa shape index (κ2) is 9.22. The Labute approximate surface area is 233 Å². The number of rotatable bonds is 3. The average Bonchev–Trinajstić information content (AvgIpc) is 3.03. The molecule has 0 heteroatoms. The number of hydrogen-bond donors (Lipinski definition) is 0. The molecular weight excluding hydrogens is 480 g/mol. The Balaban J connectivity index is 1.18. The summed E-state index contributed by atoms with van der Waals surface area (Å²) in [5.74, 6) is 0. The molecule has 0 aliphatic rings. The third-order valence-electron chi connectivity index (χ3n) is 8.18. The fraction of sp³-hybridized carbons (Fsp3) is 0. The van der Waals surface area contributed by atoms with E-state index in [1.807, 2.05) is 0 Å². The first kappa shape index (κ1) is 22.8. The molecule has 0 unspecified atom stereocenters. The van der Waals surface area contributed by atoms with Gasteiger partial charge < -0.3 is 0 Å². The van der Waals surface area contributed by atoms with Crippen molar-refractivity contribution in [1.82, 2.24) is 0 Å². The fourth-order valence-corrected chi connectivity index (χ4v) is 5.95. The average molecular weight is 507 g/mol. The van der Waals surface area contributed by atoms with E-state index in [-0.39, 0.29) is 0 Å². The SMILES string of the molecule is c1ccc2cc(-c3ccc4ccc(-c5ccc6ccc(-c7ccc8ccccc8c7)cc6c5)cc4c3)ccc2c1. The first-order chi connectivity index (χ1) is 19.8. The van der Waals surface area contributed by atoms with Gasteiger partial charge in [0.15, 0.2) is 0 Å². The highest BCUT2D eigenvalue weighted by Crippen LogP contribution is 2.33. The molecule has 0 aliphatic carbocycles. The van der Waals surface area contributed by atoms with Gasteiger partial charge in [-0.2, -0.15) is 0 Å². The summed E-state index contributed by atoms with van der Waals surface area (Å²) < 4.78 is 0. The van der Waals surface area contributed by atoms with E-state index >= 15 is 0 Å². The Morgan fingerprint density at radius 1 is 0.175 bits per heavy atom. The van der Waals surface area contributed by atoms with Gasteiger partial charge in [0.25, 0.3) is 0 Å². The fourth-order valence-electron chi connectivity index (χ4n) is 5.95. The summed E-state index contributed by atoms with van der Waals surface area (Å²) in [7, 11) is 0. The zero-order valence-corrected chi connectivity index (χ0v) is 22.0. The van der Waals surface area contributed by atoms with Gasteiger partial charge in [-0.1, -0.05) is 121 Å². The molecule has 8 aromatic rings. The van der Waals surface area contributed by atoms with Crippen LogP contribution in [0.3, 0.4) is 0 Å². The van der Waals surface area contributed by atoms with Crippen LogP contribution in [0.1, 0.15) is 0 Å². The van der Waals surface area contributed by atoms with Crippen LogP contribution in [0.25, 0.3) is 76.5 Å². The van der Waals surface area contributed by atoms with E-state index in [9.17, 15) is 0 Å². The maximum absolute atomic E-state index is 2.33. The van der Waals surface area contributed by atoms with E-state index in [1.54, 1.807) is 0 Å². The van der Waals surface area contributed by atoms with Crippen LogP contribution in [0.15, 0.2) is 158 Å². The van der Waals surface area contributed by atoms with Crippen LogP contribution in [-0.4, -0.2) is 0 Å². The van der Waals surface area contributed by atoms with Crippen molar-refractivity contribution < 1.29 is 0 Å². The molecule has 0 bridgehead atoms. The smallest absolute Gasteiger partial charge is 0.0172 e. The molecule has 0 fully saturated rings. The van der Waals surface area contributed by atoms with Crippen molar-refractivity contribution in [2.45, 2.75) is 0 Å². The normalized spacial score (nSPS) is 11.5. The lowest BCUT2D eigenvalue weighted by atomic mass is 9.94. The van der Waals surface area contributed by atoms with Gasteiger partial charge >= 0.3 is 0 Å². The molecule has 186 valence electrons. The predicted octanol–water partition coefficient (Wildman–Crippen LogP) is 11.3. The quantitative estimate of drug-likeness (QED) is 0.223. The minimum Gasteiger partial charge on any atom is -0.0616 e. The van der Waals surface area contributed by atoms with Crippen LogP contribution in [0.2, 0.25) is 0 Å². The Morgan fingerprint density at radius 2 is 0.400 bits per heavy atom. The third kappa shape index (κ3) is 4.02. The van der Waals surface area contributed by atoms with Crippen molar-refractivity contribution in [3.63, 3.8) is 0 Å². The zero-order chi connectivity index (χ0) is 26.5. The molecule has 0 spiro atoms. The summed E-state index contributed by atoms with van der Waals surface area (Å²) in [4.78, 5) is 0. The van der Waals surface area contributed by atoms with Crippen LogP contribution in [0.4, 0.5) is 0 Å². The summed E-state index contributed by atoms with van der Waals surface area (Å²) in [5.41, 5.74) is 7.46. The van der Waals surface area contributed by atoms with E-state index in [2.05, 4.69) is 158 Å². The van der Waals surface area contributed by atoms with Crippen LogP contribution in [0.5, 0.6) is 0 Å². The molecule has 0 saturated carbocycles. The number of hydrogen-bond acceptors (Lipinski definition) is 0. The molecule has 0 aromatic heterocycles. The second-order valence-corrected chi connectivity index (χ2v) is 10.7.